The summed E-state index contributed by atoms with van der Waals surface area (Å²) < 4.78 is 0. The first-order valence-electron chi connectivity index (χ1n) is 4.61. The zero-order valence-electron chi connectivity index (χ0n) is 8.40. The van der Waals surface area contributed by atoms with Gasteiger partial charge in [-0.1, -0.05) is 0 Å². The molecule has 0 bridgehead atoms. The molecule has 0 spiro atoms. The molecule has 0 saturated carbocycles. The number of aryl methyl sites for hydroxylation is 1. The third kappa shape index (κ3) is 2.66. The molecule has 0 atom stereocenters. The van der Waals surface area contributed by atoms with Crippen molar-refractivity contribution in [1.29, 1.82) is 0 Å². The first kappa shape index (κ1) is 9.92. The topological polar surface area (TPSA) is 63.8 Å². The maximum Gasteiger partial charge on any atom is 0.131 e. The van der Waals surface area contributed by atoms with Gasteiger partial charge in [-0.25, -0.2) is 9.97 Å². The number of rotatable bonds is 3. The van der Waals surface area contributed by atoms with Gasteiger partial charge in [-0.3, -0.25) is 0 Å². The minimum atomic E-state index is 0.481. The van der Waals surface area contributed by atoms with E-state index in [4.69, 9.17) is 5.73 Å². The summed E-state index contributed by atoms with van der Waals surface area (Å²) in [5.74, 6) is 1.24. The van der Waals surface area contributed by atoms with Crippen molar-refractivity contribution in [1.82, 2.24) is 9.97 Å². The molecule has 0 unspecified atom stereocenters. The molecule has 4 nitrogen and oxygen atoms in total. The van der Waals surface area contributed by atoms with Gasteiger partial charge >= 0.3 is 0 Å². The number of aromatic nitrogens is 2. The maximum absolute atomic E-state index is 5.54. The highest BCUT2D eigenvalue weighted by Crippen LogP contribution is 2.16. The molecule has 0 aliphatic carbocycles. The van der Waals surface area contributed by atoms with Crippen molar-refractivity contribution >= 4 is 23.0 Å². The van der Waals surface area contributed by atoms with Crippen LogP contribution in [0, 0.1) is 6.92 Å². The molecule has 0 radical (unpaired) electrons. The van der Waals surface area contributed by atoms with E-state index in [0.29, 0.717) is 5.82 Å². The summed E-state index contributed by atoms with van der Waals surface area (Å²) in [5, 5.41) is 3.19. The molecule has 15 heavy (non-hydrogen) atoms. The summed E-state index contributed by atoms with van der Waals surface area (Å²) in [5.41, 5.74) is 5.54. The number of nitrogen functional groups attached to an aromatic ring is 1. The first-order valence-corrected chi connectivity index (χ1v) is 5.42. The maximum atomic E-state index is 5.54. The highest BCUT2D eigenvalue weighted by atomic mass is 32.1. The number of nitrogens with one attached hydrogen (secondary N) is 1. The molecule has 2 aromatic rings. The summed E-state index contributed by atoms with van der Waals surface area (Å²) in [6.07, 6.45) is 1.46. The molecule has 2 rings (SSSR count). The van der Waals surface area contributed by atoms with Gasteiger partial charge in [0.2, 0.25) is 0 Å². The largest absolute Gasteiger partial charge is 0.384 e. The monoisotopic (exact) mass is 220 g/mol. The lowest BCUT2D eigenvalue weighted by Crippen LogP contribution is -2.01. The van der Waals surface area contributed by atoms with E-state index < -0.39 is 0 Å². The average Bonchev–Trinajstić information content (AvgIpc) is 2.62. The molecule has 78 valence electrons. The lowest BCUT2D eigenvalue weighted by Gasteiger charge is -2.03. The Morgan fingerprint density at radius 1 is 1.40 bits per heavy atom. The van der Waals surface area contributed by atoms with Gasteiger partial charge in [-0.15, -0.1) is 11.3 Å². The summed E-state index contributed by atoms with van der Waals surface area (Å²) >= 11 is 1.77. The summed E-state index contributed by atoms with van der Waals surface area (Å²) in [6, 6.07) is 5.94. The van der Waals surface area contributed by atoms with Crippen LogP contribution in [0.4, 0.5) is 11.6 Å². The minimum absolute atomic E-state index is 0.481. The molecule has 0 amide bonds. The first-order chi connectivity index (χ1) is 7.24. The van der Waals surface area contributed by atoms with E-state index in [9.17, 15) is 0 Å². The van der Waals surface area contributed by atoms with Gasteiger partial charge in [0.15, 0.2) is 0 Å². The average molecular weight is 220 g/mol. The van der Waals surface area contributed by atoms with Crippen molar-refractivity contribution in [3.63, 3.8) is 0 Å². The van der Waals surface area contributed by atoms with E-state index in [0.717, 1.165) is 12.4 Å². The van der Waals surface area contributed by atoms with Crippen molar-refractivity contribution in [3.05, 3.63) is 34.3 Å². The molecule has 0 saturated heterocycles. The zero-order valence-corrected chi connectivity index (χ0v) is 9.21. The quantitative estimate of drug-likeness (QED) is 0.830. The Bertz CT molecular complexity index is 452. The number of anilines is 2. The molecule has 0 aliphatic rings. The Balaban J connectivity index is 1.99. The SMILES string of the molecule is Cc1ccc(CNc2cc(N)ncn2)s1. The van der Waals surface area contributed by atoms with Gasteiger partial charge in [0.05, 0.1) is 6.54 Å². The molecule has 2 heterocycles. The summed E-state index contributed by atoms with van der Waals surface area (Å²) in [7, 11) is 0. The van der Waals surface area contributed by atoms with Gasteiger partial charge < -0.3 is 11.1 Å². The number of nitrogens with zero attached hydrogens (tertiary/aromatic N) is 2. The normalized spacial score (nSPS) is 10.2. The smallest absolute Gasteiger partial charge is 0.131 e. The fourth-order valence-corrected chi connectivity index (χ4v) is 2.06. The van der Waals surface area contributed by atoms with Crippen LogP contribution < -0.4 is 11.1 Å². The van der Waals surface area contributed by atoms with Gasteiger partial charge in [0, 0.05) is 15.8 Å². The Hall–Kier alpha value is -1.62. The van der Waals surface area contributed by atoms with Crippen molar-refractivity contribution in [3.8, 4) is 0 Å². The van der Waals surface area contributed by atoms with E-state index in [1.807, 2.05) is 0 Å². The van der Waals surface area contributed by atoms with Crippen LogP contribution in [0.25, 0.3) is 0 Å². The molecular weight excluding hydrogens is 208 g/mol. The van der Waals surface area contributed by atoms with Crippen molar-refractivity contribution in [2.45, 2.75) is 13.5 Å². The van der Waals surface area contributed by atoms with Gasteiger partial charge in [0.25, 0.3) is 0 Å². The van der Waals surface area contributed by atoms with Crippen LogP contribution in [0.15, 0.2) is 24.5 Å². The second kappa shape index (κ2) is 4.27. The lowest BCUT2D eigenvalue weighted by molar-refractivity contribution is 1.10. The van der Waals surface area contributed by atoms with Crippen molar-refractivity contribution < 1.29 is 0 Å². The van der Waals surface area contributed by atoms with E-state index >= 15 is 0 Å². The van der Waals surface area contributed by atoms with Crippen LogP contribution in [0.2, 0.25) is 0 Å². The number of hydrogen-bond donors (Lipinski definition) is 2. The highest BCUT2D eigenvalue weighted by Gasteiger charge is 1.98. The number of hydrogen-bond acceptors (Lipinski definition) is 5. The van der Waals surface area contributed by atoms with Crippen LogP contribution in [-0.2, 0) is 6.54 Å². The zero-order chi connectivity index (χ0) is 10.7. The Morgan fingerprint density at radius 2 is 2.27 bits per heavy atom. The molecule has 0 aliphatic heterocycles. The van der Waals surface area contributed by atoms with Crippen LogP contribution >= 0.6 is 11.3 Å². The Labute approximate surface area is 92.2 Å². The van der Waals surface area contributed by atoms with Crippen LogP contribution in [-0.4, -0.2) is 9.97 Å². The second-order valence-corrected chi connectivity index (χ2v) is 4.57. The Morgan fingerprint density at radius 3 is 2.93 bits per heavy atom. The van der Waals surface area contributed by atoms with Crippen molar-refractivity contribution in [2.24, 2.45) is 0 Å². The lowest BCUT2D eigenvalue weighted by atomic mass is 10.4. The standard InChI is InChI=1S/C10H12N4S/c1-7-2-3-8(15-7)5-12-10-4-9(11)13-6-14-10/h2-4,6H,5H2,1H3,(H3,11,12,13,14). The number of thiophene rings is 1. The molecule has 0 fully saturated rings. The summed E-state index contributed by atoms with van der Waals surface area (Å²) in [4.78, 5) is 10.5. The number of nitrogens with two attached hydrogens (primary N) is 1. The van der Waals surface area contributed by atoms with Crippen LogP contribution in [0.3, 0.4) is 0 Å². The van der Waals surface area contributed by atoms with Gasteiger partial charge in [-0.05, 0) is 19.1 Å². The third-order valence-electron chi connectivity index (χ3n) is 1.93. The van der Waals surface area contributed by atoms with E-state index in [1.54, 1.807) is 17.4 Å². The molecule has 3 N–H and O–H groups in total. The fraction of sp³-hybridized carbons (Fsp3) is 0.200. The van der Waals surface area contributed by atoms with Gasteiger partial charge in [-0.2, -0.15) is 0 Å². The molecular formula is C10H12N4S. The predicted octanol–water partition coefficient (Wildman–Crippen LogP) is 2.04. The fourth-order valence-electron chi connectivity index (χ4n) is 1.23. The van der Waals surface area contributed by atoms with Gasteiger partial charge in [0.1, 0.15) is 18.0 Å². The van der Waals surface area contributed by atoms with E-state index in [-0.39, 0.29) is 0 Å². The second-order valence-electron chi connectivity index (χ2n) is 3.19. The van der Waals surface area contributed by atoms with Crippen LogP contribution in [0.1, 0.15) is 9.75 Å². The highest BCUT2D eigenvalue weighted by molar-refractivity contribution is 7.11. The summed E-state index contributed by atoms with van der Waals surface area (Å²) in [6.45, 7) is 2.87. The van der Waals surface area contributed by atoms with Crippen LogP contribution in [0.5, 0.6) is 0 Å². The van der Waals surface area contributed by atoms with E-state index in [1.165, 1.54) is 16.1 Å². The molecule has 2 aromatic heterocycles. The minimum Gasteiger partial charge on any atom is -0.384 e. The third-order valence-corrected chi connectivity index (χ3v) is 2.93. The van der Waals surface area contributed by atoms with E-state index in [2.05, 4.69) is 34.3 Å². The Kier molecular flexibility index (Phi) is 2.82. The van der Waals surface area contributed by atoms with Crippen molar-refractivity contribution in [2.75, 3.05) is 11.1 Å². The predicted molar refractivity (Wildman–Crippen MR) is 62.8 cm³/mol. The molecule has 0 aromatic carbocycles. The molecule has 5 heteroatoms.